The fourth-order valence-corrected chi connectivity index (χ4v) is 4.43. The van der Waals surface area contributed by atoms with Crippen LogP contribution in [0.3, 0.4) is 0 Å². The van der Waals surface area contributed by atoms with Crippen LogP contribution in [0.2, 0.25) is 0 Å². The molecule has 1 atom stereocenters. The summed E-state index contributed by atoms with van der Waals surface area (Å²) in [5.74, 6) is 1.53. The maximum atomic E-state index is 12.2. The van der Waals surface area contributed by atoms with Gasteiger partial charge in [-0.1, -0.05) is 19.8 Å². The van der Waals surface area contributed by atoms with Crippen molar-refractivity contribution in [3.05, 3.63) is 0 Å². The van der Waals surface area contributed by atoms with Crippen molar-refractivity contribution in [1.82, 2.24) is 4.31 Å². The average molecular weight is 296 g/mol. The Hall–Kier alpha value is 0.200. The Bertz CT molecular complexity index is 319. The molecule has 0 bridgehead atoms. The minimum absolute atomic E-state index is 0.262. The Kier molecular flexibility index (Phi) is 7.57. The van der Waals surface area contributed by atoms with Gasteiger partial charge in [-0.3, -0.25) is 0 Å². The van der Waals surface area contributed by atoms with E-state index in [1.54, 1.807) is 4.31 Å². The molecule has 18 heavy (non-hydrogen) atoms. The standard InChI is InChI=1S/C13H26ClNO2S/c1-2-6-13-7-5-10-15(11-8-13)18(16,17)12-4-3-9-14/h13H,2-12H2,1H3. The first-order valence-corrected chi connectivity index (χ1v) is 9.28. The van der Waals surface area contributed by atoms with Gasteiger partial charge in [0.1, 0.15) is 0 Å². The van der Waals surface area contributed by atoms with Crippen LogP contribution >= 0.6 is 11.6 Å². The molecule has 5 heteroatoms. The van der Waals surface area contributed by atoms with Crippen LogP contribution in [-0.4, -0.2) is 37.4 Å². The van der Waals surface area contributed by atoms with E-state index in [-0.39, 0.29) is 5.75 Å². The second kappa shape index (κ2) is 8.39. The van der Waals surface area contributed by atoms with E-state index in [9.17, 15) is 8.42 Å². The van der Waals surface area contributed by atoms with E-state index in [4.69, 9.17) is 11.6 Å². The fraction of sp³-hybridized carbons (Fsp3) is 1.00. The van der Waals surface area contributed by atoms with E-state index >= 15 is 0 Å². The van der Waals surface area contributed by atoms with Crippen LogP contribution in [0.25, 0.3) is 0 Å². The van der Waals surface area contributed by atoms with Gasteiger partial charge >= 0.3 is 0 Å². The zero-order valence-corrected chi connectivity index (χ0v) is 13.0. The quantitative estimate of drug-likeness (QED) is 0.534. The minimum Gasteiger partial charge on any atom is -0.212 e. The molecule has 0 N–H and O–H groups in total. The molecule has 0 spiro atoms. The van der Waals surface area contributed by atoms with Gasteiger partial charge in [-0.05, 0) is 38.0 Å². The topological polar surface area (TPSA) is 37.4 Å². The summed E-state index contributed by atoms with van der Waals surface area (Å²) in [5, 5.41) is 0. The van der Waals surface area contributed by atoms with Crippen molar-refractivity contribution in [3.63, 3.8) is 0 Å². The summed E-state index contributed by atoms with van der Waals surface area (Å²) in [4.78, 5) is 0. The van der Waals surface area contributed by atoms with Crippen LogP contribution in [0.4, 0.5) is 0 Å². The zero-order chi connectivity index (χ0) is 13.4. The average Bonchev–Trinajstić information content (AvgIpc) is 2.56. The lowest BCUT2D eigenvalue weighted by atomic mass is 9.96. The number of halogens is 1. The van der Waals surface area contributed by atoms with E-state index in [0.29, 0.717) is 25.4 Å². The van der Waals surface area contributed by atoms with Gasteiger partial charge in [-0.15, -0.1) is 11.6 Å². The molecule has 0 saturated carbocycles. The first-order chi connectivity index (χ1) is 8.60. The number of nitrogens with zero attached hydrogens (tertiary/aromatic N) is 1. The number of hydrogen-bond donors (Lipinski definition) is 0. The highest BCUT2D eigenvalue weighted by Gasteiger charge is 2.25. The lowest BCUT2D eigenvalue weighted by molar-refractivity contribution is 0.399. The maximum absolute atomic E-state index is 12.2. The summed E-state index contributed by atoms with van der Waals surface area (Å²) in [7, 11) is -3.04. The molecule has 1 saturated heterocycles. The molecular weight excluding hydrogens is 270 g/mol. The predicted octanol–water partition coefficient (Wildman–Crippen LogP) is 3.24. The van der Waals surface area contributed by atoms with Gasteiger partial charge in [0.25, 0.3) is 0 Å². The SMILES string of the molecule is CCCC1CCCN(S(=O)(=O)CCCCCl)CC1. The van der Waals surface area contributed by atoms with Crippen molar-refractivity contribution in [3.8, 4) is 0 Å². The second-order valence-electron chi connectivity index (χ2n) is 5.20. The highest BCUT2D eigenvalue weighted by atomic mass is 35.5. The predicted molar refractivity (Wildman–Crippen MR) is 77.6 cm³/mol. The summed E-state index contributed by atoms with van der Waals surface area (Å²) >= 11 is 5.59. The molecule has 1 rings (SSSR count). The Morgan fingerprint density at radius 2 is 2.00 bits per heavy atom. The highest BCUT2D eigenvalue weighted by Crippen LogP contribution is 2.23. The van der Waals surface area contributed by atoms with E-state index in [2.05, 4.69) is 6.92 Å². The molecule has 0 aromatic carbocycles. The third kappa shape index (κ3) is 5.45. The van der Waals surface area contributed by atoms with Crippen molar-refractivity contribution in [2.45, 2.75) is 51.9 Å². The van der Waals surface area contributed by atoms with E-state index in [1.807, 2.05) is 0 Å². The smallest absolute Gasteiger partial charge is 0.212 e. The third-order valence-corrected chi connectivity index (χ3v) is 5.91. The molecule has 0 aromatic heterocycles. The Balaban J connectivity index is 2.45. The lowest BCUT2D eigenvalue weighted by Gasteiger charge is -2.20. The van der Waals surface area contributed by atoms with E-state index in [0.717, 1.165) is 25.2 Å². The van der Waals surface area contributed by atoms with Crippen molar-refractivity contribution < 1.29 is 8.42 Å². The monoisotopic (exact) mass is 295 g/mol. The van der Waals surface area contributed by atoms with Gasteiger partial charge in [-0.25, -0.2) is 12.7 Å². The van der Waals surface area contributed by atoms with Gasteiger partial charge in [0, 0.05) is 19.0 Å². The summed E-state index contributed by atoms with van der Waals surface area (Å²) < 4.78 is 26.0. The van der Waals surface area contributed by atoms with Crippen LogP contribution in [0.1, 0.15) is 51.9 Å². The number of sulfonamides is 1. The molecule has 0 aliphatic carbocycles. The largest absolute Gasteiger partial charge is 0.214 e. The van der Waals surface area contributed by atoms with Crippen molar-refractivity contribution in [2.24, 2.45) is 5.92 Å². The molecule has 0 aromatic rings. The number of unbranched alkanes of at least 4 members (excludes halogenated alkanes) is 1. The molecule has 1 fully saturated rings. The molecule has 0 radical (unpaired) electrons. The van der Waals surface area contributed by atoms with Gasteiger partial charge in [0.05, 0.1) is 5.75 Å². The molecule has 0 amide bonds. The molecule has 1 aliphatic heterocycles. The fourth-order valence-electron chi connectivity index (χ4n) is 2.62. The van der Waals surface area contributed by atoms with Crippen LogP contribution < -0.4 is 0 Å². The Morgan fingerprint density at radius 3 is 2.67 bits per heavy atom. The Labute approximate surface area is 117 Å². The maximum Gasteiger partial charge on any atom is 0.214 e. The van der Waals surface area contributed by atoms with Crippen molar-refractivity contribution >= 4 is 21.6 Å². The van der Waals surface area contributed by atoms with E-state index < -0.39 is 10.0 Å². The zero-order valence-electron chi connectivity index (χ0n) is 11.4. The summed E-state index contributed by atoms with van der Waals surface area (Å²) in [6.45, 7) is 3.63. The van der Waals surface area contributed by atoms with Crippen molar-refractivity contribution in [1.29, 1.82) is 0 Å². The Morgan fingerprint density at radius 1 is 1.22 bits per heavy atom. The molecule has 108 valence electrons. The van der Waals surface area contributed by atoms with Crippen LogP contribution in [0, 0.1) is 5.92 Å². The third-order valence-electron chi connectivity index (χ3n) is 3.68. The molecule has 1 unspecified atom stereocenters. The normalized spacial score (nSPS) is 22.9. The van der Waals surface area contributed by atoms with Crippen LogP contribution in [0.15, 0.2) is 0 Å². The number of hydrogen-bond acceptors (Lipinski definition) is 2. The highest BCUT2D eigenvalue weighted by molar-refractivity contribution is 7.89. The van der Waals surface area contributed by atoms with Gasteiger partial charge in [0.2, 0.25) is 10.0 Å². The second-order valence-corrected chi connectivity index (χ2v) is 7.66. The molecule has 3 nitrogen and oxygen atoms in total. The molecule has 1 heterocycles. The minimum atomic E-state index is -3.04. The number of alkyl halides is 1. The van der Waals surface area contributed by atoms with Gasteiger partial charge in [-0.2, -0.15) is 0 Å². The van der Waals surface area contributed by atoms with E-state index in [1.165, 1.54) is 19.3 Å². The lowest BCUT2D eigenvalue weighted by Crippen LogP contribution is -2.34. The summed E-state index contributed by atoms with van der Waals surface area (Å²) in [6.07, 6.45) is 7.13. The first-order valence-electron chi connectivity index (χ1n) is 7.14. The van der Waals surface area contributed by atoms with Crippen LogP contribution in [0.5, 0.6) is 0 Å². The number of rotatable bonds is 7. The molecule has 1 aliphatic rings. The first kappa shape index (κ1) is 16.3. The van der Waals surface area contributed by atoms with Crippen molar-refractivity contribution in [2.75, 3.05) is 24.7 Å². The van der Waals surface area contributed by atoms with Crippen LogP contribution in [-0.2, 0) is 10.0 Å². The van der Waals surface area contributed by atoms with Gasteiger partial charge in [0.15, 0.2) is 0 Å². The molecular formula is C13H26ClNO2S. The summed E-state index contributed by atoms with van der Waals surface area (Å²) in [5.41, 5.74) is 0. The van der Waals surface area contributed by atoms with Gasteiger partial charge < -0.3 is 0 Å². The summed E-state index contributed by atoms with van der Waals surface area (Å²) in [6, 6.07) is 0.